The second kappa shape index (κ2) is 5.09. The number of pyridine rings is 2. The smallest absolute Gasteiger partial charge is 0.265 e. The van der Waals surface area contributed by atoms with Crippen LogP contribution >= 0.6 is 23.2 Å². The van der Waals surface area contributed by atoms with E-state index in [4.69, 9.17) is 23.2 Å². The van der Waals surface area contributed by atoms with Gasteiger partial charge in [-0.05, 0) is 24.3 Å². The first kappa shape index (κ1) is 13.1. The molecular weight excluding hydrogens is 297 g/mol. The molecule has 0 spiro atoms. The first-order valence-electron chi connectivity index (χ1n) is 4.74. The van der Waals surface area contributed by atoms with E-state index in [9.17, 15) is 8.42 Å². The van der Waals surface area contributed by atoms with E-state index in [-0.39, 0.29) is 20.9 Å². The highest BCUT2D eigenvalue weighted by Gasteiger charge is 2.19. The number of hydrogen-bond donors (Lipinski definition) is 1. The van der Waals surface area contributed by atoms with Crippen LogP contribution in [0.3, 0.4) is 0 Å². The molecule has 0 unspecified atom stereocenters. The minimum atomic E-state index is -3.84. The summed E-state index contributed by atoms with van der Waals surface area (Å²) in [5, 5.41) is -0.0499. The van der Waals surface area contributed by atoms with Crippen molar-refractivity contribution in [3.8, 4) is 0 Å². The van der Waals surface area contributed by atoms with Crippen LogP contribution in [0, 0.1) is 0 Å². The van der Waals surface area contributed by atoms with Crippen molar-refractivity contribution in [2.45, 2.75) is 4.90 Å². The quantitative estimate of drug-likeness (QED) is 0.885. The predicted octanol–water partition coefficient (Wildman–Crippen LogP) is 2.58. The summed E-state index contributed by atoms with van der Waals surface area (Å²) in [6, 6.07) is 5.89. The van der Waals surface area contributed by atoms with Crippen LogP contribution in [0.5, 0.6) is 0 Å². The molecule has 8 heteroatoms. The fraction of sp³-hybridized carbons (Fsp3) is 0. The first-order valence-corrected chi connectivity index (χ1v) is 6.98. The van der Waals surface area contributed by atoms with Gasteiger partial charge in [-0.25, -0.2) is 18.4 Å². The van der Waals surface area contributed by atoms with E-state index >= 15 is 0 Å². The molecule has 0 amide bonds. The zero-order chi connectivity index (χ0) is 13.2. The van der Waals surface area contributed by atoms with E-state index in [1.807, 2.05) is 0 Å². The fourth-order valence-electron chi connectivity index (χ4n) is 1.23. The SMILES string of the molecule is O=S(=O)(Nc1cccnc1Cl)c1cccnc1Cl. The van der Waals surface area contributed by atoms with Crippen LogP contribution in [0.4, 0.5) is 5.69 Å². The van der Waals surface area contributed by atoms with Crippen LogP contribution in [-0.4, -0.2) is 18.4 Å². The topological polar surface area (TPSA) is 72.0 Å². The number of nitrogens with one attached hydrogen (secondary N) is 1. The monoisotopic (exact) mass is 303 g/mol. The van der Waals surface area contributed by atoms with E-state index in [0.717, 1.165) is 0 Å². The Balaban J connectivity index is 2.40. The van der Waals surface area contributed by atoms with Gasteiger partial charge in [0.1, 0.15) is 10.0 Å². The lowest BCUT2D eigenvalue weighted by atomic mass is 10.4. The van der Waals surface area contributed by atoms with Gasteiger partial charge < -0.3 is 0 Å². The fourth-order valence-corrected chi connectivity index (χ4v) is 2.98. The lowest BCUT2D eigenvalue weighted by molar-refractivity contribution is 0.601. The van der Waals surface area contributed by atoms with Crippen molar-refractivity contribution in [2.75, 3.05) is 4.72 Å². The lowest BCUT2D eigenvalue weighted by Gasteiger charge is -2.09. The van der Waals surface area contributed by atoms with Gasteiger partial charge in [0.2, 0.25) is 0 Å². The molecule has 2 aromatic heterocycles. The Morgan fingerprint density at radius 3 is 2.22 bits per heavy atom. The molecule has 0 aliphatic rings. The van der Waals surface area contributed by atoms with Gasteiger partial charge in [-0.1, -0.05) is 23.2 Å². The van der Waals surface area contributed by atoms with Crippen LogP contribution in [0.15, 0.2) is 41.6 Å². The Morgan fingerprint density at radius 2 is 1.61 bits per heavy atom. The number of anilines is 1. The summed E-state index contributed by atoms with van der Waals surface area (Å²) in [6.07, 6.45) is 2.86. The van der Waals surface area contributed by atoms with Crippen LogP contribution in [0.25, 0.3) is 0 Å². The number of sulfonamides is 1. The molecule has 0 fully saturated rings. The van der Waals surface area contributed by atoms with Crippen molar-refractivity contribution >= 4 is 38.9 Å². The molecule has 18 heavy (non-hydrogen) atoms. The molecule has 0 saturated carbocycles. The van der Waals surface area contributed by atoms with Crippen LogP contribution in [-0.2, 0) is 10.0 Å². The van der Waals surface area contributed by atoms with Crippen LogP contribution < -0.4 is 4.72 Å². The summed E-state index contributed by atoms with van der Waals surface area (Å²) in [6.45, 7) is 0. The largest absolute Gasteiger partial charge is 0.276 e. The first-order chi connectivity index (χ1) is 8.50. The maximum atomic E-state index is 12.1. The second-order valence-electron chi connectivity index (χ2n) is 3.24. The summed E-state index contributed by atoms with van der Waals surface area (Å²) < 4.78 is 26.4. The summed E-state index contributed by atoms with van der Waals surface area (Å²) in [5.41, 5.74) is 0.180. The summed E-state index contributed by atoms with van der Waals surface area (Å²) in [7, 11) is -3.84. The molecule has 0 saturated heterocycles. The average Bonchev–Trinajstić information content (AvgIpc) is 2.32. The number of rotatable bonds is 3. The van der Waals surface area contributed by atoms with Gasteiger partial charge in [0.25, 0.3) is 10.0 Å². The molecule has 0 aliphatic heterocycles. The highest BCUT2D eigenvalue weighted by atomic mass is 35.5. The second-order valence-corrected chi connectivity index (χ2v) is 5.61. The van der Waals surface area contributed by atoms with E-state index < -0.39 is 10.0 Å². The van der Waals surface area contributed by atoms with Crippen molar-refractivity contribution in [1.29, 1.82) is 0 Å². The zero-order valence-corrected chi connectivity index (χ0v) is 11.2. The number of halogens is 2. The highest BCUT2D eigenvalue weighted by molar-refractivity contribution is 7.92. The molecule has 0 aliphatic carbocycles. The molecule has 1 N–H and O–H groups in total. The maximum Gasteiger partial charge on any atom is 0.265 e. The molecule has 94 valence electrons. The van der Waals surface area contributed by atoms with Crippen LogP contribution in [0.2, 0.25) is 10.3 Å². The Bertz CT molecular complexity index is 676. The Hall–Kier alpha value is -1.37. The third kappa shape index (κ3) is 2.72. The third-order valence-corrected chi connectivity index (χ3v) is 4.13. The van der Waals surface area contributed by atoms with Gasteiger partial charge in [-0.3, -0.25) is 4.72 Å². The van der Waals surface area contributed by atoms with E-state index in [1.54, 1.807) is 6.07 Å². The average molecular weight is 304 g/mol. The number of nitrogens with zero attached hydrogens (tertiary/aromatic N) is 2. The molecule has 2 heterocycles. The zero-order valence-electron chi connectivity index (χ0n) is 8.84. The van der Waals surface area contributed by atoms with Crippen LogP contribution in [0.1, 0.15) is 0 Å². The Kier molecular flexibility index (Phi) is 3.70. The number of aromatic nitrogens is 2. The minimum absolute atomic E-state index is 0.0566. The third-order valence-electron chi connectivity index (χ3n) is 2.02. The normalized spacial score (nSPS) is 11.2. The van der Waals surface area contributed by atoms with Crippen molar-refractivity contribution < 1.29 is 8.42 Å². The molecule has 0 atom stereocenters. The van der Waals surface area contributed by atoms with Gasteiger partial charge in [0.15, 0.2) is 5.15 Å². The molecule has 5 nitrogen and oxygen atoms in total. The van der Waals surface area contributed by atoms with E-state index in [1.165, 1.54) is 30.6 Å². The van der Waals surface area contributed by atoms with Crippen molar-refractivity contribution in [1.82, 2.24) is 9.97 Å². The summed E-state index contributed by atoms with van der Waals surface area (Å²) >= 11 is 11.5. The Morgan fingerprint density at radius 1 is 1.00 bits per heavy atom. The molecule has 2 rings (SSSR count). The summed E-state index contributed by atoms with van der Waals surface area (Å²) in [5.74, 6) is 0. The van der Waals surface area contributed by atoms with Gasteiger partial charge in [0.05, 0.1) is 5.69 Å². The molecular formula is C10H7Cl2N3O2S. The van der Waals surface area contributed by atoms with E-state index in [0.29, 0.717) is 0 Å². The Labute approximate surface area is 114 Å². The molecule has 0 aromatic carbocycles. The highest BCUT2D eigenvalue weighted by Crippen LogP contribution is 2.24. The van der Waals surface area contributed by atoms with Crippen molar-refractivity contribution in [3.63, 3.8) is 0 Å². The van der Waals surface area contributed by atoms with Crippen molar-refractivity contribution in [2.24, 2.45) is 0 Å². The molecule has 0 bridgehead atoms. The van der Waals surface area contributed by atoms with Gasteiger partial charge >= 0.3 is 0 Å². The number of hydrogen-bond acceptors (Lipinski definition) is 4. The van der Waals surface area contributed by atoms with Gasteiger partial charge in [-0.15, -0.1) is 0 Å². The minimum Gasteiger partial charge on any atom is -0.276 e. The molecule has 0 radical (unpaired) electrons. The summed E-state index contributed by atoms with van der Waals surface area (Å²) in [4.78, 5) is 7.36. The molecule has 2 aromatic rings. The van der Waals surface area contributed by atoms with E-state index in [2.05, 4.69) is 14.7 Å². The van der Waals surface area contributed by atoms with Gasteiger partial charge in [0, 0.05) is 12.4 Å². The standard InChI is InChI=1S/C10H7Cl2N3O2S/c11-9-7(3-1-5-13-9)15-18(16,17)8-4-2-6-14-10(8)12/h1-6,15H. The predicted molar refractivity (Wildman–Crippen MR) is 69.3 cm³/mol. The van der Waals surface area contributed by atoms with Crippen molar-refractivity contribution in [3.05, 3.63) is 47.0 Å². The lowest BCUT2D eigenvalue weighted by Crippen LogP contribution is -2.14. The maximum absolute atomic E-state index is 12.1. The van der Waals surface area contributed by atoms with Gasteiger partial charge in [-0.2, -0.15) is 0 Å².